The number of nitrogen functional groups attached to an aromatic ring is 1. The van der Waals surface area contributed by atoms with E-state index in [1.165, 1.54) is 0 Å². The topological polar surface area (TPSA) is 80.3 Å². The average Bonchev–Trinajstić information content (AvgIpc) is 2.66. The van der Waals surface area contributed by atoms with Gasteiger partial charge in [-0.2, -0.15) is 0 Å². The lowest BCUT2D eigenvalue weighted by atomic mass is 9.87. The minimum absolute atomic E-state index is 0.103. The molecule has 1 aromatic rings. The SMILES string of the molecule is Cn1cc(N)cc1C(=O)NCC1CCCC(O)C1. The van der Waals surface area contributed by atoms with Crippen LogP contribution in [0.25, 0.3) is 0 Å². The monoisotopic (exact) mass is 251 g/mol. The third kappa shape index (κ3) is 3.04. The summed E-state index contributed by atoms with van der Waals surface area (Å²) in [5.74, 6) is 0.282. The summed E-state index contributed by atoms with van der Waals surface area (Å²) in [4.78, 5) is 12.0. The molecule has 1 aromatic heterocycles. The van der Waals surface area contributed by atoms with Crippen LogP contribution in [0.4, 0.5) is 5.69 Å². The minimum Gasteiger partial charge on any atom is -0.397 e. The number of hydrogen-bond donors (Lipinski definition) is 3. The predicted molar refractivity (Wildman–Crippen MR) is 70.1 cm³/mol. The number of nitrogens with two attached hydrogens (primary N) is 1. The third-order valence-corrected chi connectivity index (χ3v) is 3.57. The van der Waals surface area contributed by atoms with Crippen molar-refractivity contribution in [2.45, 2.75) is 31.8 Å². The summed E-state index contributed by atoms with van der Waals surface area (Å²) in [6.45, 7) is 0.626. The van der Waals surface area contributed by atoms with Crippen molar-refractivity contribution < 1.29 is 9.90 Å². The highest BCUT2D eigenvalue weighted by Crippen LogP contribution is 2.23. The minimum atomic E-state index is -0.202. The maximum absolute atomic E-state index is 12.0. The normalized spacial score (nSPS) is 23.9. The Bertz CT molecular complexity index is 428. The number of amides is 1. The van der Waals surface area contributed by atoms with Crippen LogP contribution in [-0.2, 0) is 7.05 Å². The fourth-order valence-corrected chi connectivity index (χ4v) is 2.59. The second-order valence-corrected chi connectivity index (χ2v) is 5.17. The van der Waals surface area contributed by atoms with E-state index in [4.69, 9.17) is 5.73 Å². The Morgan fingerprint density at radius 3 is 3.00 bits per heavy atom. The largest absolute Gasteiger partial charge is 0.397 e. The van der Waals surface area contributed by atoms with Gasteiger partial charge in [-0.3, -0.25) is 4.79 Å². The number of nitrogens with one attached hydrogen (secondary N) is 1. The summed E-state index contributed by atoms with van der Waals surface area (Å²) in [7, 11) is 1.80. The Hall–Kier alpha value is -1.49. The zero-order valence-corrected chi connectivity index (χ0v) is 10.7. The van der Waals surface area contributed by atoms with Crippen LogP contribution in [-0.4, -0.2) is 28.2 Å². The van der Waals surface area contributed by atoms with Crippen LogP contribution >= 0.6 is 0 Å². The number of rotatable bonds is 3. The number of aromatic nitrogens is 1. The zero-order chi connectivity index (χ0) is 13.1. The van der Waals surface area contributed by atoms with Crippen LogP contribution in [0, 0.1) is 5.92 Å². The van der Waals surface area contributed by atoms with E-state index in [2.05, 4.69) is 5.32 Å². The molecular weight excluding hydrogens is 230 g/mol. The molecule has 1 saturated carbocycles. The van der Waals surface area contributed by atoms with E-state index in [0.717, 1.165) is 25.7 Å². The first-order valence-corrected chi connectivity index (χ1v) is 6.44. The number of hydrogen-bond acceptors (Lipinski definition) is 3. The van der Waals surface area contributed by atoms with Gasteiger partial charge in [0.2, 0.25) is 0 Å². The molecule has 100 valence electrons. The van der Waals surface area contributed by atoms with Crippen LogP contribution < -0.4 is 11.1 Å². The second-order valence-electron chi connectivity index (χ2n) is 5.17. The van der Waals surface area contributed by atoms with Crippen molar-refractivity contribution >= 4 is 11.6 Å². The fourth-order valence-electron chi connectivity index (χ4n) is 2.59. The Kier molecular flexibility index (Phi) is 3.91. The summed E-state index contributed by atoms with van der Waals surface area (Å²) in [5.41, 5.74) is 6.81. The molecule has 5 heteroatoms. The summed E-state index contributed by atoms with van der Waals surface area (Å²) < 4.78 is 1.72. The van der Waals surface area contributed by atoms with Gasteiger partial charge in [-0.15, -0.1) is 0 Å². The maximum atomic E-state index is 12.0. The quantitative estimate of drug-likeness (QED) is 0.746. The Labute approximate surface area is 107 Å². The van der Waals surface area contributed by atoms with Gasteiger partial charge in [-0.1, -0.05) is 6.42 Å². The zero-order valence-electron chi connectivity index (χ0n) is 10.7. The van der Waals surface area contributed by atoms with Gasteiger partial charge in [0.15, 0.2) is 0 Å². The van der Waals surface area contributed by atoms with Crippen molar-refractivity contribution in [2.24, 2.45) is 13.0 Å². The van der Waals surface area contributed by atoms with Gasteiger partial charge in [0.25, 0.3) is 5.91 Å². The van der Waals surface area contributed by atoms with Crippen LogP contribution in [0.5, 0.6) is 0 Å². The lowest BCUT2D eigenvalue weighted by molar-refractivity contribution is 0.0868. The van der Waals surface area contributed by atoms with E-state index >= 15 is 0 Å². The number of carbonyl (C=O) groups excluding carboxylic acids is 1. The molecule has 1 aliphatic carbocycles. The molecule has 1 amide bonds. The molecule has 0 saturated heterocycles. The first-order valence-electron chi connectivity index (χ1n) is 6.44. The molecule has 2 atom stereocenters. The van der Waals surface area contributed by atoms with Gasteiger partial charge >= 0.3 is 0 Å². The van der Waals surface area contributed by atoms with Crippen LogP contribution in [0.1, 0.15) is 36.2 Å². The van der Waals surface area contributed by atoms with E-state index in [0.29, 0.717) is 23.8 Å². The number of aliphatic hydroxyl groups excluding tert-OH is 1. The Morgan fingerprint density at radius 1 is 1.61 bits per heavy atom. The van der Waals surface area contributed by atoms with Crippen molar-refractivity contribution in [3.8, 4) is 0 Å². The van der Waals surface area contributed by atoms with Crippen molar-refractivity contribution in [1.29, 1.82) is 0 Å². The van der Waals surface area contributed by atoms with Gasteiger partial charge in [0.05, 0.1) is 11.8 Å². The highest BCUT2D eigenvalue weighted by molar-refractivity contribution is 5.93. The summed E-state index contributed by atoms with van der Waals surface area (Å²) in [6, 6.07) is 1.67. The smallest absolute Gasteiger partial charge is 0.267 e. The van der Waals surface area contributed by atoms with Gasteiger partial charge in [-0.25, -0.2) is 0 Å². The molecule has 0 aliphatic heterocycles. The Morgan fingerprint density at radius 2 is 2.39 bits per heavy atom. The molecule has 0 spiro atoms. The van der Waals surface area contributed by atoms with Gasteiger partial charge < -0.3 is 20.7 Å². The lowest BCUT2D eigenvalue weighted by Crippen LogP contribution is -2.33. The second kappa shape index (κ2) is 5.44. The molecule has 18 heavy (non-hydrogen) atoms. The average molecular weight is 251 g/mol. The molecule has 1 heterocycles. The first kappa shape index (κ1) is 13.0. The molecule has 4 N–H and O–H groups in total. The number of anilines is 1. The molecule has 0 radical (unpaired) electrons. The molecule has 1 aliphatic rings. The van der Waals surface area contributed by atoms with Gasteiger partial charge in [-0.05, 0) is 31.2 Å². The maximum Gasteiger partial charge on any atom is 0.267 e. The highest BCUT2D eigenvalue weighted by Gasteiger charge is 2.21. The van der Waals surface area contributed by atoms with E-state index in [1.807, 2.05) is 0 Å². The first-order chi connectivity index (χ1) is 8.56. The lowest BCUT2D eigenvalue weighted by Gasteiger charge is -2.25. The molecule has 2 unspecified atom stereocenters. The molecule has 0 bridgehead atoms. The summed E-state index contributed by atoms with van der Waals surface area (Å²) in [6.07, 6.45) is 5.31. The summed E-state index contributed by atoms with van der Waals surface area (Å²) >= 11 is 0. The molecule has 2 rings (SSSR count). The van der Waals surface area contributed by atoms with Crippen LogP contribution in [0.2, 0.25) is 0 Å². The van der Waals surface area contributed by atoms with E-state index in [9.17, 15) is 9.90 Å². The van der Waals surface area contributed by atoms with Crippen molar-refractivity contribution in [3.63, 3.8) is 0 Å². The highest BCUT2D eigenvalue weighted by atomic mass is 16.3. The van der Waals surface area contributed by atoms with Crippen molar-refractivity contribution in [2.75, 3.05) is 12.3 Å². The van der Waals surface area contributed by atoms with Gasteiger partial charge in [0, 0.05) is 19.8 Å². The van der Waals surface area contributed by atoms with Crippen molar-refractivity contribution in [3.05, 3.63) is 18.0 Å². The number of carbonyl (C=O) groups is 1. The predicted octanol–water partition coefficient (Wildman–Crippen LogP) is 0.888. The van der Waals surface area contributed by atoms with E-state index in [-0.39, 0.29) is 12.0 Å². The molecule has 5 nitrogen and oxygen atoms in total. The number of aliphatic hydroxyl groups is 1. The fraction of sp³-hybridized carbons (Fsp3) is 0.615. The van der Waals surface area contributed by atoms with E-state index < -0.39 is 0 Å². The summed E-state index contributed by atoms with van der Waals surface area (Å²) in [5, 5.41) is 12.5. The standard InChI is InChI=1S/C13H21N3O2/c1-16-8-10(14)6-12(16)13(18)15-7-9-3-2-4-11(17)5-9/h6,8-9,11,17H,2-5,7,14H2,1H3,(H,15,18). The number of aryl methyl sites for hydroxylation is 1. The van der Waals surface area contributed by atoms with E-state index in [1.54, 1.807) is 23.9 Å². The Balaban J connectivity index is 1.86. The molecular formula is C13H21N3O2. The van der Waals surface area contributed by atoms with Crippen LogP contribution in [0.3, 0.4) is 0 Å². The molecule has 0 aromatic carbocycles. The van der Waals surface area contributed by atoms with Crippen molar-refractivity contribution in [1.82, 2.24) is 9.88 Å². The van der Waals surface area contributed by atoms with Gasteiger partial charge in [0.1, 0.15) is 5.69 Å². The third-order valence-electron chi connectivity index (χ3n) is 3.57. The van der Waals surface area contributed by atoms with Crippen LogP contribution in [0.15, 0.2) is 12.3 Å². The number of nitrogens with zero attached hydrogens (tertiary/aromatic N) is 1. The molecule has 1 fully saturated rings.